The van der Waals surface area contributed by atoms with E-state index in [0.29, 0.717) is 11.6 Å². The van der Waals surface area contributed by atoms with Gasteiger partial charge in [0.25, 0.3) is 0 Å². The van der Waals surface area contributed by atoms with Gasteiger partial charge in [0.2, 0.25) is 0 Å². The third kappa shape index (κ3) is 3.07. The van der Waals surface area contributed by atoms with Crippen molar-refractivity contribution in [1.29, 1.82) is 0 Å². The van der Waals surface area contributed by atoms with E-state index in [1.54, 1.807) is 0 Å². The van der Waals surface area contributed by atoms with Gasteiger partial charge in [-0.2, -0.15) is 0 Å². The highest BCUT2D eigenvalue weighted by atomic mass is 79.9. The molecule has 19 heavy (non-hydrogen) atoms. The first-order valence-corrected chi connectivity index (χ1v) is 9.07. The molecule has 1 atom stereocenters. The molecule has 0 aromatic carbocycles. The minimum atomic E-state index is 0.411. The van der Waals surface area contributed by atoms with Crippen molar-refractivity contribution in [3.8, 4) is 0 Å². The number of thiophene rings is 1. The summed E-state index contributed by atoms with van der Waals surface area (Å²) in [5.41, 5.74) is 0.411. The molecule has 0 amide bonds. The zero-order chi connectivity index (χ0) is 13.3. The topological polar surface area (TPSA) is 15.3 Å². The van der Waals surface area contributed by atoms with E-state index in [-0.39, 0.29) is 0 Å². The molecule has 1 aliphatic heterocycles. The second kappa shape index (κ2) is 5.84. The van der Waals surface area contributed by atoms with Crippen LogP contribution in [0.1, 0.15) is 43.9 Å². The second-order valence-corrected chi connectivity index (χ2v) is 8.02. The summed E-state index contributed by atoms with van der Waals surface area (Å²) >= 11 is 5.54. The van der Waals surface area contributed by atoms with Crippen LogP contribution in [0.5, 0.6) is 0 Å². The molecule has 0 bridgehead atoms. The van der Waals surface area contributed by atoms with Crippen LogP contribution in [0, 0.1) is 0 Å². The van der Waals surface area contributed by atoms with E-state index < -0.39 is 0 Å². The highest BCUT2D eigenvalue weighted by molar-refractivity contribution is 9.10. The molecular formula is C15H23BrN2S. The SMILES string of the molecule is CC1CNC2(CCCCC2)CN1Cc1sccc1Br. The molecule has 0 radical (unpaired) electrons. The van der Waals surface area contributed by atoms with E-state index in [0.717, 1.165) is 13.1 Å². The van der Waals surface area contributed by atoms with E-state index in [2.05, 4.69) is 44.5 Å². The van der Waals surface area contributed by atoms with E-state index in [9.17, 15) is 0 Å². The third-order valence-corrected chi connectivity index (χ3v) is 6.66. The average Bonchev–Trinajstić information content (AvgIpc) is 2.81. The number of piperazine rings is 1. The van der Waals surface area contributed by atoms with Gasteiger partial charge in [0.15, 0.2) is 0 Å². The van der Waals surface area contributed by atoms with Gasteiger partial charge >= 0.3 is 0 Å². The van der Waals surface area contributed by atoms with Crippen molar-refractivity contribution < 1.29 is 0 Å². The minimum Gasteiger partial charge on any atom is -0.308 e. The van der Waals surface area contributed by atoms with E-state index in [1.165, 1.54) is 48.0 Å². The summed E-state index contributed by atoms with van der Waals surface area (Å²) in [6.45, 7) is 5.81. The average molecular weight is 343 g/mol. The molecule has 1 spiro atoms. The molecule has 1 N–H and O–H groups in total. The van der Waals surface area contributed by atoms with Crippen LogP contribution >= 0.6 is 27.3 Å². The Labute approximate surface area is 128 Å². The van der Waals surface area contributed by atoms with E-state index >= 15 is 0 Å². The normalized spacial score (nSPS) is 27.8. The van der Waals surface area contributed by atoms with E-state index in [4.69, 9.17) is 0 Å². The number of halogens is 1. The van der Waals surface area contributed by atoms with Gasteiger partial charge in [0, 0.05) is 40.6 Å². The lowest BCUT2D eigenvalue weighted by atomic mass is 9.79. The summed E-state index contributed by atoms with van der Waals surface area (Å²) in [7, 11) is 0. The zero-order valence-corrected chi connectivity index (χ0v) is 14.0. The quantitative estimate of drug-likeness (QED) is 0.873. The third-order valence-electron chi connectivity index (χ3n) is 4.75. The fraction of sp³-hybridized carbons (Fsp3) is 0.733. The Balaban J connectivity index is 1.70. The van der Waals surface area contributed by atoms with Crippen molar-refractivity contribution in [2.45, 2.75) is 57.2 Å². The molecule has 106 valence electrons. The molecule has 1 aliphatic carbocycles. The van der Waals surface area contributed by atoms with Crippen molar-refractivity contribution in [3.63, 3.8) is 0 Å². The highest BCUT2D eigenvalue weighted by Gasteiger charge is 2.38. The Morgan fingerprint density at radius 3 is 2.89 bits per heavy atom. The maximum Gasteiger partial charge on any atom is 0.0343 e. The first kappa shape index (κ1) is 14.1. The standard InChI is InChI=1S/C15H23BrN2S/c1-12-9-17-15(6-3-2-4-7-15)11-18(12)10-14-13(16)5-8-19-14/h5,8,12,17H,2-4,6-7,9-11H2,1H3. The van der Waals surface area contributed by atoms with Crippen LogP contribution in [-0.2, 0) is 6.54 Å². The van der Waals surface area contributed by atoms with Gasteiger partial charge in [-0.05, 0) is 47.1 Å². The van der Waals surface area contributed by atoms with Crippen LogP contribution in [-0.4, -0.2) is 29.6 Å². The number of hydrogen-bond donors (Lipinski definition) is 1. The monoisotopic (exact) mass is 342 g/mol. The Bertz CT molecular complexity index is 426. The number of rotatable bonds is 2. The molecule has 3 rings (SSSR count). The minimum absolute atomic E-state index is 0.411. The first-order valence-electron chi connectivity index (χ1n) is 7.39. The van der Waals surface area contributed by atoms with Crippen LogP contribution in [0.4, 0.5) is 0 Å². The molecule has 2 nitrogen and oxygen atoms in total. The smallest absolute Gasteiger partial charge is 0.0343 e. The Hall–Kier alpha value is 0.100. The maximum atomic E-state index is 3.86. The van der Waals surface area contributed by atoms with E-state index in [1.807, 2.05) is 11.3 Å². The highest BCUT2D eigenvalue weighted by Crippen LogP contribution is 2.33. The van der Waals surface area contributed by atoms with Crippen molar-refractivity contribution in [1.82, 2.24) is 10.2 Å². The Kier molecular flexibility index (Phi) is 4.32. The van der Waals surface area contributed by atoms with Crippen molar-refractivity contribution in [2.75, 3.05) is 13.1 Å². The Morgan fingerprint density at radius 2 is 2.21 bits per heavy atom. The van der Waals surface area contributed by atoms with Gasteiger partial charge in [-0.3, -0.25) is 4.90 Å². The summed E-state index contributed by atoms with van der Waals surface area (Å²) in [6.07, 6.45) is 6.95. The number of nitrogens with one attached hydrogen (secondary N) is 1. The van der Waals surface area contributed by atoms with Crippen LogP contribution < -0.4 is 5.32 Å². The van der Waals surface area contributed by atoms with Gasteiger partial charge in [0.05, 0.1) is 0 Å². The molecular weight excluding hydrogens is 320 g/mol. The summed E-state index contributed by atoms with van der Waals surface area (Å²) < 4.78 is 1.28. The van der Waals surface area contributed by atoms with Crippen LogP contribution in [0.15, 0.2) is 15.9 Å². The second-order valence-electron chi connectivity index (χ2n) is 6.17. The van der Waals surface area contributed by atoms with Gasteiger partial charge in [0.1, 0.15) is 0 Å². The lowest BCUT2D eigenvalue weighted by Crippen LogP contribution is -2.63. The molecule has 2 heterocycles. The first-order chi connectivity index (χ1) is 9.19. The number of nitrogens with zero attached hydrogens (tertiary/aromatic N) is 1. The van der Waals surface area contributed by atoms with Gasteiger partial charge in [-0.1, -0.05) is 19.3 Å². The molecule has 2 fully saturated rings. The molecule has 1 saturated heterocycles. The van der Waals surface area contributed by atoms with Crippen LogP contribution in [0.25, 0.3) is 0 Å². The van der Waals surface area contributed by atoms with Crippen molar-refractivity contribution in [3.05, 3.63) is 20.8 Å². The summed E-state index contributed by atoms with van der Waals surface area (Å²) in [4.78, 5) is 4.15. The fourth-order valence-corrected chi connectivity index (χ4v) is 4.99. The lowest BCUT2D eigenvalue weighted by Gasteiger charge is -2.49. The van der Waals surface area contributed by atoms with Gasteiger partial charge < -0.3 is 5.32 Å². The summed E-state index contributed by atoms with van der Waals surface area (Å²) in [6, 6.07) is 2.81. The lowest BCUT2D eigenvalue weighted by molar-refractivity contribution is 0.0579. The number of hydrogen-bond acceptors (Lipinski definition) is 3. The van der Waals surface area contributed by atoms with Gasteiger partial charge in [-0.15, -0.1) is 11.3 Å². The molecule has 1 unspecified atom stereocenters. The largest absolute Gasteiger partial charge is 0.308 e. The predicted molar refractivity (Wildman–Crippen MR) is 85.7 cm³/mol. The van der Waals surface area contributed by atoms with Crippen LogP contribution in [0.2, 0.25) is 0 Å². The summed E-state index contributed by atoms with van der Waals surface area (Å²) in [5, 5.41) is 6.04. The molecule has 1 aromatic heterocycles. The molecule has 1 aromatic rings. The van der Waals surface area contributed by atoms with Crippen molar-refractivity contribution >= 4 is 27.3 Å². The molecule has 1 saturated carbocycles. The maximum absolute atomic E-state index is 3.86. The fourth-order valence-electron chi connectivity index (χ4n) is 3.49. The molecule has 2 aliphatic rings. The van der Waals surface area contributed by atoms with Gasteiger partial charge in [-0.25, -0.2) is 0 Å². The van der Waals surface area contributed by atoms with Crippen LogP contribution in [0.3, 0.4) is 0 Å². The molecule has 4 heteroatoms. The predicted octanol–water partition coefficient (Wildman–Crippen LogP) is 4.01. The van der Waals surface area contributed by atoms with Crippen molar-refractivity contribution in [2.24, 2.45) is 0 Å². The summed E-state index contributed by atoms with van der Waals surface area (Å²) in [5.74, 6) is 0. The zero-order valence-electron chi connectivity index (χ0n) is 11.6. The Morgan fingerprint density at radius 1 is 1.42 bits per heavy atom.